The number of benzene rings is 1. The average Bonchev–Trinajstić information content (AvgIpc) is 3.13. The van der Waals surface area contributed by atoms with E-state index in [0.29, 0.717) is 29.5 Å². The van der Waals surface area contributed by atoms with Crippen LogP contribution in [0.5, 0.6) is 0 Å². The summed E-state index contributed by atoms with van der Waals surface area (Å²) in [5.74, 6) is 0.786. The van der Waals surface area contributed by atoms with E-state index in [4.69, 9.17) is 5.73 Å². The van der Waals surface area contributed by atoms with Crippen LogP contribution in [0.15, 0.2) is 30.6 Å². The molecule has 160 valence electrons. The van der Waals surface area contributed by atoms with Crippen molar-refractivity contribution in [2.75, 3.05) is 10.6 Å². The quantitative estimate of drug-likeness (QED) is 0.571. The maximum absolute atomic E-state index is 13.1. The van der Waals surface area contributed by atoms with Gasteiger partial charge in [0.05, 0.1) is 11.9 Å². The molecule has 4 rings (SSSR count). The zero-order valence-electron chi connectivity index (χ0n) is 16.6. The van der Waals surface area contributed by atoms with Crippen LogP contribution in [-0.4, -0.2) is 31.6 Å². The van der Waals surface area contributed by atoms with Crippen molar-refractivity contribution in [1.29, 1.82) is 0 Å². The molecule has 2 aromatic heterocycles. The van der Waals surface area contributed by atoms with Gasteiger partial charge in [0.1, 0.15) is 0 Å². The van der Waals surface area contributed by atoms with Gasteiger partial charge in [-0.1, -0.05) is 6.07 Å². The highest BCUT2D eigenvalue weighted by Crippen LogP contribution is 2.32. The standard InChI is InChI=1S/C20H24F3N7/c1-2-30-11-25-16-17(26-15-5-3-4-12(10-15)20(21,22)23)28-19(29-18(16)30)27-14-8-6-13(24)7-9-14/h3-5,10-11,13-14H,2,6-9,24H2,1H3,(H2,26,27,28,29)/t13-,14-. The summed E-state index contributed by atoms with van der Waals surface area (Å²) in [6, 6.07) is 5.45. The van der Waals surface area contributed by atoms with Crippen LogP contribution in [0.2, 0.25) is 0 Å². The molecule has 1 aliphatic carbocycles. The van der Waals surface area contributed by atoms with E-state index in [1.54, 1.807) is 12.4 Å². The van der Waals surface area contributed by atoms with E-state index in [1.165, 1.54) is 6.07 Å². The lowest BCUT2D eigenvalue weighted by Gasteiger charge is -2.26. The van der Waals surface area contributed by atoms with E-state index in [1.807, 2.05) is 11.5 Å². The lowest BCUT2D eigenvalue weighted by molar-refractivity contribution is -0.137. The van der Waals surface area contributed by atoms with Crippen LogP contribution >= 0.6 is 0 Å². The molecule has 0 atom stereocenters. The van der Waals surface area contributed by atoms with Crippen molar-refractivity contribution in [1.82, 2.24) is 19.5 Å². The van der Waals surface area contributed by atoms with Crippen LogP contribution in [0.3, 0.4) is 0 Å². The number of fused-ring (bicyclic) bond motifs is 1. The summed E-state index contributed by atoms with van der Waals surface area (Å²) < 4.78 is 41.1. The number of halogens is 3. The summed E-state index contributed by atoms with van der Waals surface area (Å²) in [6.07, 6.45) is 0.944. The number of hydrogen-bond acceptors (Lipinski definition) is 6. The molecule has 0 saturated heterocycles. The topological polar surface area (TPSA) is 93.7 Å². The zero-order chi connectivity index (χ0) is 21.3. The molecule has 1 aliphatic rings. The Balaban J connectivity index is 1.67. The molecule has 0 radical (unpaired) electrons. The summed E-state index contributed by atoms with van der Waals surface area (Å²) in [5, 5.41) is 6.35. The van der Waals surface area contributed by atoms with Crippen LogP contribution in [-0.2, 0) is 12.7 Å². The van der Waals surface area contributed by atoms with Crippen molar-refractivity contribution in [2.24, 2.45) is 5.73 Å². The second-order valence-electron chi connectivity index (χ2n) is 7.56. The first kappa shape index (κ1) is 20.4. The van der Waals surface area contributed by atoms with Gasteiger partial charge in [-0.15, -0.1) is 0 Å². The number of rotatable bonds is 5. The Morgan fingerprint density at radius 1 is 1.17 bits per heavy atom. The van der Waals surface area contributed by atoms with Gasteiger partial charge in [0.2, 0.25) is 5.95 Å². The highest BCUT2D eigenvalue weighted by Gasteiger charge is 2.30. The molecule has 0 bridgehead atoms. The molecule has 1 saturated carbocycles. The zero-order valence-corrected chi connectivity index (χ0v) is 16.6. The molecule has 7 nitrogen and oxygen atoms in total. The number of nitrogens with two attached hydrogens (primary N) is 1. The predicted molar refractivity (Wildman–Crippen MR) is 110 cm³/mol. The summed E-state index contributed by atoms with van der Waals surface area (Å²) in [7, 11) is 0. The summed E-state index contributed by atoms with van der Waals surface area (Å²) in [4.78, 5) is 13.5. The summed E-state index contributed by atoms with van der Waals surface area (Å²) in [6.45, 7) is 2.63. The second-order valence-corrected chi connectivity index (χ2v) is 7.56. The smallest absolute Gasteiger partial charge is 0.351 e. The Kier molecular flexibility index (Phi) is 5.50. The number of alkyl halides is 3. The first-order chi connectivity index (χ1) is 14.3. The first-order valence-corrected chi connectivity index (χ1v) is 10.0. The average molecular weight is 419 g/mol. The van der Waals surface area contributed by atoms with E-state index >= 15 is 0 Å². The molecule has 30 heavy (non-hydrogen) atoms. The molecule has 0 aliphatic heterocycles. The SMILES string of the molecule is CCn1cnc2c(Nc3cccc(C(F)(F)F)c3)nc(N[C@H]3CC[C@H](N)CC3)nc21. The predicted octanol–water partition coefficient (Wildman–Crippen LogP) is 4.29. The lowest BCUT2D eigenvalue weighted by Crippen LogP contribution is -2.33. The van der Waals surface area contributed by atoms with Gasteiger partial charge in [0.15, 0.2) is 17.0 Å². The van der Waals surface area contributed by atoms with Gasteiger partial charge in [-0.2, -0.15) is 23.1 Å². The molecule has 4 N–H and O–H groups in total. The lowest BCUT2D eigenvalue weighted by atomic mass is 9.92. The van der Waals surface area contributed by atoms with Gasteiger partial charge >= 0.3 is 6.18 Å². The van der Waals surface area contributed by atoms with Gasteiger partial charge in [-0.25, -0.2) is 4.98 Å². The number of anilines is 3. The molecule has 1 aromatic carbocycles. The molecule has 0 spiro atoms. The van der Waals surface area contributed by atoms with Crippen LogP contribution in [0.25, 0.3) is 11.2 Å². The van der Waals surface area contributed by atoms with Crippen LogP contribution in [0.4, 0.5) is 30.6 Å². The van der Waals surface area contributed by atoms with Crippen LogP contribution in [0, 0.1) is 0 Å². The molecule has 1 fully saturated rings. The van der Waals surface area contributed by atoms with Crippen molar-refractivity contribution in [3.8, 4) is 0 Å². The minimum atomic E-state index is -4.42. The Labute approximate surface area is 171 Å². The van der Waals surface area contributed by atoms with Crippen molar-refractivity contribution in [3.63, 3.8) is 0 Å². The molecule has 0 amide bonds. The van der Waals surface area contributed by atoms with Gasteiger partial charge in [-0.3, -0.25) is 0 Å². The highest BCUT2D eigenvalue weighted by atomic mass is 19.4. The number of hydrogen-bond donors (Lipinski definition) is 3. The summed E-state index contributed by atoms with van der Waals surface area (Å²) >= 11 is 0. The van der Waals surface area contributed by atoms with Crippen molar-refractivity contribution in [3.05, 3.63) is 36.2 Å². The van der Waals surface area contributed by atoms with E-state index in [0.717, 1.165) is 37.8 Å². The third-order valence-electron chi connectivity index (χ3n) is 5.36. The number of imidazole rings is 1. The fourth-order valence-corrected chi connectivity index (χ4v) is 3.68. The molecule has 3 aromatic rings. The molecular formula is C20H24F3N7. The van der Waals surface area contributed by atoms with Crippen molar-refractivity contribution >= 4 is 28.6 Å². The van der Waals surface area contributed by atoms with E-state index < -0.39 is 11.7 Å². The third-order valence-corrected chi connectivity index (χ3v) is 5.36. The van der Waals surface area contributed by atoms with Gasteiger partial charge < -0.3 is 20.9 Å². The summed E-state index contributed by atoms with van der Waals surface area (Å²) in [5.41, 5.74) is 6.66. The molecule has 0 unspecified atom stereocenters. The number of nitrogens with zero attached hydrogens (tertiary/aromatic N) is 4. The monoisotopic (exact) mass is 419 g/mol. The van der Waals surface area contributed by atoms with E-state index in [-0.39, 0.29) is 17.8 Å². The first-order valence-electron chi connectivity index (χ1n) is 10.0. The normalized spacial score (nSPS) is 19.8. The highest BCUT2D eigenvalue weighted by molar-refractivity contribution is 5.86. The Morgan fingerprint density at radius 2 is 1.93 bits per heavy atom. The fourth-order valence-electron chi connectivity index (χ4n) is 3.68. The number of aromatic nitrogens is 4. The molecule has 2 heterocycles. The van der Waals surface area contributed by atoms with Gasteiger partial charge in [0.25, 0.3) is 0 Å². The number of aryl methyl sites for hydroxylation is 1. The number of nitrogens with one attached hydrogen (secondary N) is 2. The largest absolute Gasteiger partial charge is 0.416 e. The van der Waals surface area contributed by atoms with Gasteiger partial charge in [0, 0.05) is 24.3 Å². The van der Waals surface area contributed by atoms with Crippen LogP contribution in [0.1, 0.15) is 38.2 Å². The van der Waals surface area contributed by atoms with Crippen molar-refractivity contribution < 1.29 is 13.2 Å². The Bertz CT molecular complexity index is 1020. The third kappa shape index (κ3) is 4.33. The molecular weight excluding hydrogens is 395 g/mol. The minimum Gasteiger partial charge on any atom is -0.351 e. The van der Waals surface area contributed by atoms with E-state index in [2.05, 4.69) is 25.6 Å². The van der Waals surface area contributed by atoms with Crippen molar-refractivity contribution in [2.45, 2.75) is 57.4 Å². The fraction of sp³-hybridized carbons (Fsp3) is 0.450. The van der Waals surface area contributed by atoms with E-state index in [9.17, 15) is 13.2 Å². The molecule has 10 heteroatoms. The maximum Gasteiger partial charge on any atom is 0.416 e. The maximum atomic E-state index is 13.1. The van der Waals surface area contributed by atoms with Gasteiger partial charge in [-0.05, 0) is 50.8 Å². The van der Waals surface area contributed by atoms with Crippen LogP contribution < -0.4 is 16.4 Å². The Hall–Kier alpha value is -2.88. The second kappa shape index (κ2) is 8.10. The Morgan fingerprint density at radius 3 is 2.63 bits per heavy atom. The minimum absolute atomic E-state index is 0.210.